The minimum atomic E-state index is -0.313. The molecule has 3 aliphatic rings. The van der Waals surface area contributed by atoms with Gasteiger partial charge in [-0.25, -0.2) is 9.18 Å². The van der Waals surface area contributed by atoms with Crippen LogP contribution in [0.1, 0.15) is 30.0 Å². The van der Waals surface area contributed by atoms with Gasteiger partial charge < -0.3 is 10.2 Å². The Labute approximate surface area is 168 Å². The minimum Gasteiger partial charge on any atom is -0.317 e. The van der Waals surface area contributed by atoms with Crippen molar-refractivity contribution in [3.63, 3.8) is 0 Å². The largest absolute Gasteiger partial charge is 0.325 e. The van der Waals surface area contributed by atoms with E-state index in [2.05, 4.69) is 11.4 Å². The highest BCUT2D eigenvalue weighted by Gasteiger charge is 2.43. The molecular weight excluding hydrogens is 377 g/mol. The number of nitrogens with zero attached hydrogens (tertiary/aromatic N) is 2. The van der Waals surface area contributed by atoms with E-state index in [1.807, 2.05) is 34.1 Å². The van der Waals surface area contributed by atoms with Crippen molar-refractivity contribution < 1.29 is 9.18 Å². The van der Waals surface area contributed by atoms with Gasteiger partial charge in [-0.2, -0.15) is 0 Å². The third-order valence-electron chi connectivity index (χ3n) is 5.95. The van der Waals surface area contributed by atoms with Crippen LogP contribution in [0.25, 0.3) is 5.57 Å². The van der Waals surface area contributed by atoms with Crippen LogP contribution in [0.3, 0.4) is 0 Å². The first-order chi connectivity index (χ1) is 13.6. The third-order valence-corrected chi connectivity index (χ3v) is 6.19. The Morgan fingerprint density at radius 1 is 1.11 bits per heavy atom. The molecule has 1 fully saturated rings. The number of hydrogen-bond donors (Lipinski definition) is 1. The maximum atomic E-state index is 14.4. The van der Waals surface area contributed by atoms with Gasteiger partial charge in [-0.3, -0.25) is 4.90 Å². The van der Waals surface area contributed by atoms with E-state index in [0.29, 0.717) is 17.1 Å². The van der Waals surface area contributed by atoms with Crippen molar-refractivity contribution in [3.05, 3.63) is 70.5 Å². The van der Waals surface area contributed by atoms with Crippen LogP contribution in [0.4, 0.5) is 14.9 Å². The van der Waals surface area contributed by atoms with Gasteiger partial charge in [0.1, 0.15) is 5.82 Å². The molecule has 144 valence electrons. The Morgan fingerprint density at radius 2 is 1.89 bits per heavy atom. The molecule has 2 aromatic rings. The van der Waals surface area contributed by atoms with Gasteiger partial charge in [0.25, 0.3) is 0 Å². The van der Waals surface area contributed by atoms with Crippen LogP contribution >= 0.6 is 11.6 Å². The monoisotopic (exact) mass is 397 g/mol. The molecule has 0 saturated carbocycles. The molecule has 6 heteroatoms. The van der Waals surface area contributed by atoms with Crippen LogP contribution in [0.2, 0.25) is 5.02 Å². The maximum absolute atomic E-state index is 14.4. The second-order valence-electron chi connectivity index (χ2n) is 7.58. The summed E-state index contributed by atoms with van der Waals surface area (Å²) in [5.74, 6) is -0.313. The highest BCUT2D eigenvalue weighted by molar-refractivity contribution is 6.30. The van der Waals surface area contributed by atoms with Crippen molar-refractivity contribution in [3.8, 4) is 0 Å². The van der Waals surface area contributed by atoms with Crippen LogP contribution in [-0.2, 0) is 0 Å². The van der Waals surface area contributed by atoms with E-state index >= 15 is 0 Å². The van der Waals surface area contributed by atoms with Crippen LogP contribution in [0.15, 0.2) is 48.5 Å². The summed E-state index contributed by atoms with van der Waals surface area (Å²) in [6.45, 7) is 2.21. The lowest BCUT2D eigenvalue weighted by molar-refractivity contribution is 0.195. The molecule has 3 aliphatic heterocycles. The molecule has 0 aliphatic carbocycles. The zero-order chi connectivity index (χ0) is 19.3. The third kappa shape index (κ3) is 2.81. The summed E-state index contributed by atoms with van der Waals surface area (Å²) in [4.78, 5) is 17.3. The smallest absolute Gasteiger partial charge is 0.317 e. The molecule has 5 rings (SSSR count). The molecule has 0 unspecified atom stereocenters. The summed E-state index contributed by atoms with van der Waals surface area (Å²) in [6.07, 6.45) is 3.87. The number of rotatable bonds is 2. The molecule has 28 heavy (non-hydrogen) atoms. The van der Waals surface area contributed by atoms with E-state index in [1.54, 1.807) is 12.1 Å². The summed E-state index contributed by atoms with van der Waals surface area (Å²) in [5, 5.41) is 3.85. The first-order valence-corrected chi connectivity index (χ1v) is 10.1. The number of carbonyl (C=O) groups excluding carboxylic acids is 1. The fourth-order valence-electron chi connectivity index (χ4n) is 4.59. The molecule has 4 nitrogen and oxygen atoms in total. The summed E-state index contributed by atoms with van der Waals surface area (Å²) in [7, 11) is 0. The standard InChI is InChI=1S/C22H21ClFN3O/c23-15-5-6-19(24)18(12-15)14-11-21-17-3-1-2-4-20(17)27(22(28)26(21)13-14)16-7-9-25-10-8-16/h1-6,11-12,16,21,25H,7-10,13H2/t21-/m0/s1. The second-order valence-corrected chi connectivity index (χ2v) is 8.02. The molecule has 2 aromatic carbocycles. The summed E-state index contributed by atoms with van der Waals surface area (Å²) >= 11 is 6.09. The van der Waals surface area contributed by atoms with E-state index in [1.165, 1.54) is 6.07 Å². The van der Waals surface area contributed by atoms with Gasteiger partial charge in [-0.15, -0.1) is 0 Å². The number of carbonyl (C=O) groups is 1. The van der Waals surface area contributed by atoms with Gasteiger partial charge in [-0.1, -0.05) is 35.9 Å². The van der Waals surface area contributed by atoms with Gasteiger partial charge in [0, 0.05) is 28.7 Å². The van der Waals surface area contributed by atoms with Crippen LogP contribution in [0.5, 0.6) is 0 Å². The Kier molecular flexibility index (Phi) is 4.37. The van der Waals surface area contributed by atoms with Crippen molar-refractivity contribution >= 4 is 28.9 Å². The highest BCUT2D eigenvalue weighted by atomic mass is 35.5. The summed E-state index contributed by atoms with van der Waals surface area (Å²) in [6, 6.07) is 12.7. The molecule has 2 amide bonds. The van der Waals surface area contributed by atoms with Crippen molar-refractivity contribution in [1.82, 2.24) is 10.2 Å². The predicted molar refractivity (Wildman–Crippen MR) is 109 cm³/mol. The molecule has 0 bridgehead atoms. The number of anilines is 1. The Morgan fingerprint density at radius 3 is 2.71 bits per heavy atom. The lowest BCUT2D eigenvalue weighted by Gasteiger charge is -2.44. The van der Waals surface area contributed by atoms with Crippen LogP contribution in [-0.4, -0.2) is 36.6 Å². The molecule has 3 heterocycles. The van der Waals surface area contributed by atoms with Crippen molar-refractivity contribution in [2.75, 3.05) is 24.5 Å². The first-order valence-electron chi connectivity index (χ1n) is 9.69. The number of urea groups is 1. The number of nitrogens with one attached hydrogen (secondary N) is 1. The van der Waals surface area contributed by atoms with E-state index in [4.69, 9.17) is 11.6 Å². The summed E-state index contributed by atoms with van der Waals surface area (Å²) in [5.41, 5.74) is 3.35. The molecule has 1 N–H and O–H groups in total. The number of para-hydroxylation sites is 1. The molecule has 1 saturated heterocycles. The van der Waals surface area contributed by atoms with Crippen LogP contribution in [0, 0.1) is 5.82 Å². The number of benzene rings is 2. The first kappa shape index (κ1) is 17.7. The Balaban J connectivity index is 1.56. The number of amides is 2. The number of hydrogen-bond acceptors (Lipinski definition) is 2. The van der Waals surface area contributed by atoms with Gasteiger partial charge in [0.2, 0.25) is 0 Å². The molecule has 0 radical (unpaired) electrons. The predicted octanol–water partition coefficient (Wildman–Crippen LogP) is 4.61. The Bertz CT molecular complexity index is 970. The zero-order valence-electron chi connectivity index (χ0n) is 15.4. The Hall–Kier alpha value is -2.37. The molecule has 1 atom stereocenters. The van der Waals surface area contributed by atoms with Gasteiger partial charge in [0.05, 0.1) is 11.7 Å². The van der Waals surface area contributed by atoms with Crippen LogP contribution < -0.4 is 10.2 Å². The number of fused-ring (bicyclic) bond motifs is 3. The quantitative estimate of drug-likeness (QED) is 0.803. The average molecular weight is 398 g/mol. The topological polar surface area (TPSA) is 35.6 Å². The zero-order valence-corrected chi connectivity index (χ0v) is 16.1. The fraction of sp³-hybridized carbons (Fsp3) is 0.318. The van der Waals surface area contributed by atoms with Gasteiger partial charge in [-0.05, 0) is 55.8 Å². The normalized spacial score (nSPS) is 22.1. The second kappa shape index (κ2) is 6.90. The van der Waals surface area contributed by atoms with Crippen molar-refractivity contribution in [2.24, 2.45) is 0 Å². The maximum Gasteiger partial charge on any atom is 0.325 e. The molecular formula is C22H21ClFN3O. The van der Waals surface area contributed by atoms with Gasteiger partial charge >= 0.3 is 6.03 Å². The lowest BCUT2D eigenvalue weighted by Crippen LogP contribution is -2.54. The fourth-order valence-corrected chi connectivity index (χ4v) is 4.77. The van der Waals surface area contributed by atoms with E-state index in [9.17, 15) is 9.18 Å². The van der Waals surface area contributed by atoms with Gasteiger partial charge in [0.15, 0.2) is 0 Å². The minimum absolute atomic E-state index is 0.00397. The molecule has 0 aromatic heterocycles. The lowest BCUT2D eigenvalue weighted by atomic mass is 9.96. The SMILES string of the molecule is O=C1N(C2CCNCC2)c2ccccc2[C@@H]2C=C(c3cc(Cl)ccc3F)CN12. The highest BCUT2D eigenvalue weighted by Crippen LogP contribution is 2.45. The number of halogens is 2. The van der Waals surface area contributed by atoms with Crippen molar-refractivity contribution in [2.45, 2.75) is 24.9 Å². The van der Waals surface area contributed by atoms with E-state index in [-0.39, 0.29) is 23.9 Å². The summed E-state index contributed by atoms with van der Waals surface area (Å²) < 4.78 is 14.4. The van der Waals surface area contributed by atoms with E-state index in [0.717, 1.165) is 42.8 Å². The number of piperidine rings is 1. The van der Waals surface area contributed by atoms with E-state index < -0.39 is 0 Å². The molecule has 0 spiro atoms. The van der Waals surface area contributed by atoms with Crippen molar-refractivity contribution in [1.29, 1.82) is 0 Å². The average Bonchev–Trinajstić information content (AvgIpc) is 3.17.